The van der Waals surface area contributed by atoms with E-state index in [1.807, 2.05) is 18.2 Å². The molecule has 0 unspecified atom stereocenters. The average Bonchev–Trinajstić information content (AvgIpc) is 2.01. The van der Waals surface area contributed by atoms with Crippen molar-refractivity contribution in [2.24, 2.45) is 5.41 Å². The van der Waals surface area contributed by atoms with Crippen LogP contribution in [0.4, 0.5) is 11.4 Å². The Bertz CT molecular complexity index is 295. The minimum atomic E-state index is 0.214. The monoisotopic (exact) mass is 212 g/mol. The third-order valence-electron chi connectivity index (χ3n) is 1.84. The Balaban J connectivity index is 2.77. The van der Waals surface area contributed by atoms with E-state index in [-0.39, 0.29) is 5.41 Å². The van der Waals surface area contributed by atoms with Crippen LogP contribution in [-0.2, 0) is 0 Å². The minimum absolute atomic E-state index is 0.214. The number of rotatable bonds is 2. The zero-order valence-corrected chi connectivity index (χ0v) is 9.65. The topological polar surface area (TPSA) is 38.0 Å². The molecule has 0 spiro atoms. The zero-order chi connectivity index (χ0) is 10.8. The molecule has 3 N–H and O–H groups in total. The molecule has 0 saturated heterocycles. The second-order valence-corrected chi connectivity index (χ2v) is 5.03. The summed E-state index contributed by atoms with van der Waals surface area (Å²) in [5.74, 6) is 0. The summed E-state index contributed by atoms with van der Waals surface area (Å²) in [6.07, 6.45) is 0. The summed E-state index contributed by atoms with van der Waals surface area (Å²) >= 11 is 6.02. The van der Waals surface area contributed by atoms with E-state index in [4.69, 9.17) is 17.3 Å². The summed E-state index contributed by atoms with van der Waals surface area (Å²) in [5.41, 5.74) is 7.55. The van der Waals surface area contributed by atoms with Crippen molar-refractivity contribution >= 4 is 23.0 Å². The van der Waals surface area contributed by atoms with Gasteiger partial charge in [-0.3, -0.25) is 0 Å². The molecule has 0 amide bonds. The number of hydrogen-bond acceptors (Lipinski definition) is 2. The molecule has 1 aromatic rings. The molecule has 3 heteroatoms. The molecule has 0 aliphatic rings. The lowest BCUT2D eigenvalue weighted by molar-refractivity contribution is 0.443. The predicted octanol–water partition coefficient (Wildman–Crippen LogP) is 3.38. The molecule has 0 atom stereocenters. The standard InChI is InChI=1S/C11H17ClN2/c1-11(2,3)7-14-10-8(12)5-4-6-9(10)13/h4-6,14H,7,13H2,1-3H3. The molecule has 0 aromatic heterocycles. The zero-order valence-electron chi connectivity index (χ0n) is 8.89. The third kappa shape index (κ3) is 3.11. The van der Waals surface area contributed by atoms with Gasteiger partial charge in [0.15, 0.2) is 0 Å². The van der Waals surface area contributed by atoms with Gasteiger partial charge in [-0.15, -0.1) is 0 Å². The van der Waals surface area contributed by atoms with Crippen LogP contribution in [0, 0.1) is 5.41 Å². The summed E-state index contributed by atoms with van der Waals surface area (Å²) in [6.45, 7) is 7.33. The molecule has 0 aliphatic heterocycles. The molecule has 1 rings (SSSR count). The molecule has 0 aliphatic carbocycles. The Kier molecular flexibility index (Phi) is 3.27. The van der Waals surface area contributed by atoms with E-state index in [1.54, 1.807) is 0 Å². The number of benzene rings is 1. The number of anilines is 2. The van der Waals surface area contributed by atoms with Gasteiger partial charge >= 0.3 is 0 Å². The Morgan fingerprint density at radius 3 is 2.50 bits per heavy atom. The van der Waals surface area contributed by atoms with Crippen molar-refractivity contribution in [3.8, 4) is 0 Å². The Morgan fingerprint density at radius 2 is 2.00 bits per heavy atom. The van der Waals surface area contributed by atoms with Gasteiger partial charge in [-0.05, 0) is 17.5 Å². The molecule has 0 saturated carbocycles. The van der Waals surface area contributed by atoms with Gasteiger partial charge in [-0.2, -0.15) is 0 Å². The van der Waals surface area contributed by atoms with Crippen LogP contribution < -0.4 is 11.1 Å². The van der Waals surface area contributed by atoms with Gasteiger partial charge in [0.2, 0.25) is 0 Å². The minimum Gasteiger partial charge on any atom is -0.397 e. The van der Waals surface area contributed by atoms with E-state index in [0.29, 0.717) is 10.7 Å². The smallest absolute Gasteiger partial charge is 0.0763 e. The van der Waals surface area contributed by atoms with E-state index in [9.17, 15) is 0 Å². The normalized spacial score (nSPS) is 11.4. The first-order valence-electron chi connectivity index (χ1n) is 4.68. The Morgan fingerprint density at radius 1 is 1.36 bits per heavy atom. The number of nitrogen functional groups attached to an aromatic ring is 1. The van der Waals surface area contributed by atoms with E-state index >= 15 is 0 Å². The molecule has 0 bridgehead atoms. The highest BCUT2D eigenvalue weighted by molar-refractivity contribution is 6.33. The fourth-order valence-corrected chi connectivity index (χ4v) is 1.33. The molecular formula is C11H17ClN2. The molecule has 14 heavy (non-hydrogen) atoms. The molecule has 0 heterocycles. The number of para-hydroxylation sites is 1. The first kappa shape index (κ1) is 11.2. The number of nitrogens with two attached hydrogens (primary N) is 1. The van der Waals surface area contributed by atoms with Crippen LogP contribution in [0.25, 0.3) is 0 Å². The maximum atomic E-state index is 6.02. The molecule has 78 valence electrons. The average molecular weight is 213 g/mol. The van der Waals surface area contributed by atoms with Crippen molar-refractivity contribution in [3.63, 3.8) is 0 Å². The molecule has 0 fully saturated rings. The fraction of sp³-hybridized carbons (Fsp3) is 0.455. The first-order valence-corrected chi connectivity index (χ1v) is 5.06. The van der Waals surface area contributed by atoms with Crippen LogP contribution >= 0.6 is 11.6 Å². The van der Waals surface area contributed by atoms with E-state index in [2.05, 4.69) is 26.1 Å². The third-order valence-corrected chi connectivity index (χ3v) is 2.16. The van der Waals surface area contributed by atoms with Crippen molar-refractivity contribution in [2.75, 3.05) is 17.6 Å². The SMILES string of the molecule is CC(C)(C)CNc1c(N)cccc1Cl. The highest BCUT2D eigenvalue weighted by Gasteiger charge is 2.11. The van der Waals surface area contributed by atoms with Crippen LogP contribution in [0.2, 0.25) is 5.02 Å². The summed E-state index contributed by atoms with van der Waals surface area (Å²) in [7, 11) is 0. The van der Waals surface area contributed by atoms with Gasteiger partial charge < -0.3 is 11.1 Å². The van der Waals surface area contributed by atoms with Crippen LogP contribution in [0.15, 0.2) is 18.2 Å². The maximum Gasteiger partial charge on any atom is 0.0763 e. The van der Waals surface area contributed by atoms with Crippen LogP contribution in [-0.4, -0.2) is 6.54 Å². The Hall–Kier alpha value is -0.890. The van der Waals surface area contributed by atoms with Crippen LogP contribution in [0.1, 0.15) is 20.8 Å². The predicted molar refractivity (Wildman–Crippen MR) is 63.8 cm³/mol. The van der Waals surface area contributed by atoms with Crippen LogP contribution in [0.5, 0.6) is 0 Å². The van der Waals surface area contributed by atoms with E-state index < -0.39 is 0 Å². The van der Waals surface area contributed by atoms with Gasteiger partial charge in [-0.25, -0.2) is 0 Å². The van der Waals surface area contributed by atoms with Crippen molar-refractivity contribution < 1.29 is 0 Å². The second kappa shape index (κ2) is 4.09. The maximum absolute atomic E-state index is 6.02. The summed E-state index contributed by atoms with van der Waals surface area (Å²) in [6, 6.07) is 5.53. The summed E-state index contributed by atoms with van der Waals surface area (Å²) in [4.78, 5) is 0. The van der Waals surface area contributed by atoms with Gasteiger partial charge in [0.1, 0.15) is 0 Å². The Labute approximate surface area is 90.4 Å². The summed E-state index contributed by atoms with van der Waals surface area (Å²) < 4.78 is 0. The lowest BCUT2D eigenvalue weighted by Gasteiger charge is -2.21. The van der Waals surface area contributed by atoms with Gasteiger partial charge in [0.05, 0.1) is 16.4 Å². The highest BCUT2D eigenvalue weighted by atomic mass is 35.5. The van der Waals surface area contributed by atoms with Crippen molar-refractivity contribution in [2.45, 2.75) is 20.8 Å². The van der Waals surface area contributed by atoms with Gasteiger partial charge in [-0.1, -0.05) is 38.4 Å². The first-order chi connectivity index (χ1) is 6.40. The lowest BCUT2D eigenvalue weighted by atomic mass is 9.97. The van der Waals surface area contributed by atoms with Gasteiger partial charge in [0.25, 0.3) is 0 Å². The number of halogens is 1. The molecule has 1 aromatic carbocycles. The van der Waals surface area contributed by atoms with Crippen molar-refractivity contribution in [1.82, 2.24) is 0 Å². The van der Waals surface area contributed by atoms with Crippen molar-refractivity contribution in [3.05, 3.63) is 23.2 Å². The van der Waals surface area contributed by atoms with Crippen molar-refractivity contribution in [1.29, 1.82) is 0 Å². The summed E-state index contributed by atoms with van der Waals surface area (Å²) in [5, 5.41) is 3.94. The van der Waals surface area contributed by atoms with E-state index in [0.717, 1.165) is 12.2 Å². The fourth-order valence-electron chi connectivity index (χ4n) is 1.08. The number of hydrogen-bond donors (Lipinski definition) is 2. The van der Waals surface area contributed by atoms with Crippen LogP contribution in [0.3, 0.4) is 0 Å². The molecule has 2 nitrogen and oxygen atoms in total. The lowest BCUT2D eigenvalue weighted by Crippen LogP contribution is -2.19. The largest absolute Gasteiger partial charge is 0.397 e. The highest BCUT2D eigenvalue weighted by Crippen LogP contribution is 2.28. The van der Waals surface area contributed by atoms with E-state index in [1.165, 1.54) is 0 Å². The quantitative estimate of drug-likeness (QED) is 0.738. The number of nitrogens with one attached hydrogen (secondary N) is 1. The van der Waals surface area contributed by atoms with Gasteiger partial charge in [0, 0.05) is 6.54 Å². The second-order valence-electron chi connectivity index (χ2n) is 4.62. The molecule has 0 radical (unpaired) electrons. The molecular weight excluding hydrogens is 196 g/mol.